The van der Waals surface area contributed by atoms with Crippen LogP contribution in [0.25, 0.3) is 22.4 Å². The first-order valence-corrected chi connectivity index (χ1v) is 10.1. The summed E-state index contributed by atoms with van der Waals surface area (Å²) in [5.74, 6) is 0.578. The Balaban J connectivity index is 1.33. The second-order valence-electron chi connectivity index (χ2n) is 6.79. The van der Waals surface area contributed by atoms with E-state index in [9.17, 15) is 9.59 Å². The number of amides is 1. The summed E-state index contributed by atoms with van der Waals surface area (Å²) in [5.41, 5.74) is 2.76. The summed E-state index contributed by atoms with van der Waals surface area (Å²) in [5, 5.41) is 11.8. The molecular formula is C21H16N4O4S. The summed E-state index contributed by atoms with van der Waals surface area (Å²) in [6.45, 7) is 1.75. The molecule has 1 atom stereocenters. The van der Waals surface area contributed by atoms with E-state index in [1.165, 1.54) is 11.8 Å². The molecule has 0 radical (unpaired) electrons. The molecule has 0 unspecified atom stereocenters. The lowest BCUT2D eigenvalue weighted by Gasteiger charge is -2.18. The normalized spacial score (nSPS) is 14.1. The second kappa shape index (κ2) is 7.34. The van der Waals surface area contributed by atoms with Crippen molar-refractivity contribution < 1.29 is 18.7 Å². The number of hydrogen-bond donors (Lipinski definition) is 2. The number of hydrogen-bond acceptors (Lipinski definition) is 7. The van der Waals surface area contributed by atoms with Gasteiger partial charge in [-0.25, -0.2) is 0 Å². The number of fused-ring (bicyclic) bond motifs is 2. The highest BCUT2D eigenvalue weighted by Crippen LogP contribution is 2.33. The molecule has 2 N–H and O–H groups in total. The third-order valence-electron chi connectivity index (χ3n) is 4.77. The van der Waals surface area contributed by atoms with Crippen LogP contribution in [-0.4, -0.2) is 38.7 Å². The van der Waals surface area contributed by atoms with Gasteiger partial charge in [0, 0.05) is 22.7 Å². The summed E-state index contributed by atoms with van der Waals surface area (Å²) in [7, 11) is 0. The predicted molar refractivity (Wildman–Crippen MR) is 112 cm³/mol. The van der Waals surface area contributed by atoms with Crippen LogP contribution in [0.4, 0.5) is 5.69 Å². The third-order valence-corrected chi connectivity index (χ3v) is 5.70. The molecule has 9 heteroatoms. The molecule has 30 heavy (non-hydrogen) atoms. The third kappa shape index (κ3) is 3.33. The van der Waals surface area contributed by atoms with E-state index < -0.39 is 5.25 Å². The maximum atomic E-state index is 12.9. The van der Waals surface area contributed by atoms with Crippen molar-refractivity contribution in [2.45, 2.75) is 17.4 Å². The van der Waals surface area contributed by atoms with E-state index in [0.29, 0.717) is 28.1 Å². The summed E-state index contributed by atoms with van der Waals surface area (Å²) >= 11 is 1.19. The summed E-state index contributed by atoms with van der Waals surface area (Å²) in [6.07, 6.45) is 1.82. The number of Topliss-reactive ketones (excluding diaryl/α,β-unsaturated/α-hetero) is 1. The van der Waals surface area contributed by atoms with Crippen molar-refractivity contribution in [3.8, 4) is 17.2 Å². The average Bonchev–Trinajstić information content (AvgIpc) is 3.39. The molecule has 2 aromatic heterocycles. The Hall–Kier alpha value is -3.59. The van der Waals surface area contributed by atoms with Crippen LogP contribution in [0.1, 0.15) is 17.3 Å². The van der Waals surface area contributed by atoms with Crippen LogP contribution in [0.2, 0.25) is 0 Å². The van der Waals surface area contributed by atoms with Crippen molar-refractivity contribution in [1.29, 1.82) is 0 Å². The minimum atomic E-state index is -0.459. The van der Waals surface area contributed by atoms with Crippen LogP contribution in [0, 0.1) is 0 Å². The van der Waals surface area contributed by atoms with Crippen LogP contribution < -0.4 is 10.1 Å². The first-order valence-electron chi connectivity index (χ1n) is 9.26. The highest BCUT2D eigenvalue weighted by molar-refractivity contribution is 8.00. The number of carbonyl (C=O) groups excluding carboxylic acids is 2. The molecular weight excluding hydrogens is 404 g/mol. The molecule has 5 rings (SSSR count). The van der Waals surface area contributed by atoms with Crippen molar-refractivity contribution >= 4 is 40.0 Å². The van der Waals surface area contributed by atoms with Gasteiger partial charge in [0.2, 0.25) is 0 Å². The Labute approximate surface area is 175 Å². The van der Waals surface area contributed by atoms with E-state index in [1.54, 1.807) is 25.1 Å². The Morgan fingerprint density at radius 3 is 2.97 bits per heavy atom. The minimum absolute atomic E-state index is 0.0253. The molecule has 4 aromatic rings. The van der Waals surface area contributed by atoms with E-state index >= 15 is 0 Å². The van der Waals surface area contributed by atoms with Crippen molar-refractivity contribution in [3.63, 3.8) is 0 Å². The Kier molecular flexibility index (Phi) is 4.51. The number of para-hydroxylation sites is 1. The van der Waals surface area contributed by atoms with E-state index in [2.05, 4.69) is 20.5 Å². The molecule has 150 valence electrons. The number of ketones is 1. The molecule has 0 bridgehead atoms. The van der Waals surface area contributed by atoms with E-state index in [4.69, 9.17) is 9.15 Å². The topological polar surface area (TPSA) is 110 Å². The highest BCUT2D eigenvalue weighted by Gasteiger charge is 2.23. The van der Waals surface area contributed by atoms with Crippen molar-refractivity contribution in [2.24, 2.45) is 0 Å². The number of benzene rings is 2. The Morgan fingerprint density at radius 2 is 2.07 bits per heavy atom. The van der Waals surface area contributed by atoms with Crippen molar-refractivity contribution in [3.05, 3.63) is 54.2 Å². The van der Waals surface area contributed by atoms with Crippen LogP contribution in [0.15, 0.2) is 58.3 Å². The number of aromatic amines is 1. The second-order valence-corrected chi connectivity index (χ2v) is 8.09. The largest absolute Gasteiger partial charge is 0.482 e. The Morgan fingerprint density at radius 1 is 1.20 bits per heavy atom. The van der Waals surface area contributed by atoms with Crippen LogP contribution in [-0.2, 0) is 4.79 Å². The van der Waals surface area contributed by atoms with Gasteiger partial charge in [0.1, 0.15) is 5.75 Å². The minimum Gasteiger partial charge on any atom is -0.482 e. The van der Waals surface area contributed by atoms with E-state index in [0.717, 1.165) is 16.5 Å². The van der Waals surface area contributed by atoms with Gasteiger partial charge in [-0.2, -0.15) is 0 Å². The molecule has 0 fully saturated rings. The van der Waals surface area contributed by atoms with Crippen LogP contribution >= 0.6 is 11.8 Å². The fraction of sp³-hybridized carbons (Fsp3) is 0.143. The fourth-order valence-corrected chi connectivity index (χ4v) is 4.05. The number of nitrogens with zero attached hydrogens (tertiary/aromatic N) is 2. The van der Waals surface area contributed by atoms with Crippen molar-refractivity contribution in [2.75, 3.05) is 11.9 Å². The van der Waals surface area contributed by atoms with Crippen molar-refractivity contribution in [1.82, 2.24) is 15.2 Å². The molecule has 0 spiro atoms. The van der Waals surface area contributed by atoms with Gasteiger partial charge in [-0.3, -0.25) is 9.59 Å². The Bertz CT molecular complexity index is 1280. The maximum Gasteiger partial charge on any atom is 0.277 e. The lowest BCUT2D eigenvalue weighted by Crippen LogP contribution is -2.25. The van der Waals surface area contributed by atoms with Gasteiger partial charge in [-0.15, -0.1) is 10.2 Å². The quantitative estimate of drug-likeness (QED) is 0.372. The number of anilines is 1. The predicted octanol–water partition coefficient (Wildman–Crippen LogP) is 3.91. The zero-order valence-electron chi connectivity index (χ0n) is 15.8. The standard InChI is InChI=1S/C21H16N4O4S/c1-11(19(27)12-6-7-17-16(8-12)23-18(26)10-28-17)30-21-25-24-20(29-21)14-9-22-15-5-3-2-4-13(14)15/h2-9,11,22H,10H2,1H3,(H,23,26)/t11-/m1/s1. The monoisotopic (exact) mass is 420 g/mol. The molecule has 1 amide bonds. The number of rotatable bonds is 5. The number of ether oxygens (including phenoxy) is 1. The summed E-state index contributed by atoms with van der Waals surface area (Å²) in [4.78, 5) is 27.5. The number of carbonyl (C=O) groups is 2. The number of aromatic nitrogens is 3. The number of thioether (sulfide) groups is 1. The number of nitrogens with one attached hydrogen (secondary N) is 2. The molecule has 3 heterocycles. The maximum absolute atomic E-state index is 12.9. The van der Waals surface area contributed by atoms with Crippen LogP contribution in [0.5, 0.6) is 5.75 Å². The van der Waals surface area contributed by atoms with Gasteiger partial charge in [0.05, 0.1) is 16.5 Å². The van der Waals surface area contributed by atoms with E-state index in [-0.39, 0.29) is 18.3 Å². The van der Waals surface area contributed by atoms with Gasteiger partial charge in [0.25, 0.3) is 17.0 Å². The molecule has 0 saturated heterocycles. The van der Waals surface area contributed by atoms with Gasteiger partial charge in [0.15, 0.2) is 12.4 Å². The lowest BCUT2D eigenvalue weighted by atomic mass is 10.1. The smallest absolute Gasteiger partial charge is 0.277 e. The zero-order valence-corrected chi connectivity index (χ0v) is 16.7. The van der Waals surface area contributed by atoms with Gasteiger partial charge < -0.3 is 19.5 Å². The molecule has 1 aliphatic heterocycles. The number of H-pyrrole nitrogens is 1. The molecule has 1 aliphatic rings. The summed E-state index contributed by atoms with van der Waals surface area (Å²) in [6, 6.07) is 12.8. The van der Waals surface area contributed by atoms with E-state index in [1.807, 2.05) is 30.5 Å². The first kappa shape index (κ1) is 18.4. The average molecular weight is 420 g/mol. The summed E-state index contributed by atoms with van der Waals surface area (Å²) < 4.78 is 11.1. The SMILES string of the molecule is C[C@@H](Sc1nnc(-c2c[nH]c3ccccc23)o1)C(=O)c1ccc2c(c1)NC(=O)CO2. The molecule has 0 saturated carbocycles. The highest BCUT2D eigenvalue weighted by atomic mass is 32.2. The molecule has 0 aliphatic carbocycles. The lowest BCUT2D eigenvalue weighted by molar-refractivity contribution is -0.118. The van der Waals surface area contributed by atoms with Crippen LogP contribution in [0.3, 0.4) is 0 Å². The zero-order chi connectivity index (χ0) is 20.7. The van der Waals surface area contributed by atoms with Gasteiger partial charge in [-0.1, -0.05) is 30.0 Å². The fourth-order valence-electron chi connectivity index (χ4n) is 3.29. The molecule has 2 aromatic carbocycles. The molecule has 8 nitrogen and oxygen atoms in total. The first-order chi connectivity index (χ1) is 14.6. The van der Waals surface area contributed by atoms with Gasteiger partial charge >= 0.3 is 0 Å². The van der Waals surface area contributed by atoms with Gasteiger partial charge in [-0.05, 0) is 31.2 Å².